The van der Waals surface area contributed by atoms with E-state index in [9.17, 15) is 0 Å². The maximum Gasteiger partial charge on any atom is 0.261 e. The molecule has 0 bridgehead atoms. The van der Waals surface area contributed by atoms with Gasteiger partial charge >= 0.3 is 0 Å². The highest BCUT2D eigenvalue weighted by Crippen LogP contribution is 2.37. The van der Waals surface area contributed by atoms with Crippen LogP contribution in [0.15, 0.2) is 73.0 Å². The Morgan fingerprint density at radius 2 is 1.52 bits per heavy atom. The van der Waals surface area contributed by atoms with Crippen LogP contribution < -0.4 is 10.4 Å². The highest BCUT2D eigenvalue weighted by molar-refractivity contribution is 6.99. The van der Waals surface area contributed by atoms with Gasteiger partial charge in [0.15, 0.2) is 0 Å². The summed E-state index contributed by atoms with van der Waals surface area (Å²) < 4.78 is 12.6. The summed E-state index contributed by atoms with van der Waals surface area (Å²) in [6, 6.07) is 21.7. The fourth-order valence-electron chi connectivity index (χ4n) is 4.21. The van der Waals surface area contributed by atoms with Gasteiger partial charge in [-0.1, -0.05) is 94.9 Å². The molecule has 1 saturated heterocycles. The molecule has 1 aliphatic rings. The van der Waals surface area contributed by atoms with Crippen LogP contribution in [0.3, 0.4) is 0 Å². The number of ether oxygens (including phenoxy) is 1. The number of hydrogen-bond acceptors (Lipinski definition) is 2. The fraction of sp³-hybridized carbons (Fsp3) is 0.417. The second-order valence-corrected chi connectivity index (χ2v) is 12.9. The Balaban J connectivity index is 1.93. The van der Waals surface area contributed by atoms with E-state index in [0.29, 0.717) is 11.8 Å². The average Bonchev–Trinajstić information content (AvgIpc) is 2.98. The van der Waals surface area contributed by atoms with E-state index >= 15 is 0 Å². The molecule has 0 spiro atoms. The van der Waals surface area contributed by atoms with Crippen molar-refractivity contribution in [1.29, 1.82) is 0 Å². The maximum absolute atomic E-state index is 6.97. The highest BCUT2D eigenvalue weighted by atomic mass is 28.4. The van der Waals surface area contributed by atoms with Crippen molar-refractivity contribution in [1.82, 2.24) is 0 Å². The van der Waals surface area contributed by atoms with Crippen LogP contribution in [0.1, 0.15) is 34.1 Å². The summed E-state index contributed by atoms with van der Waals surface area (Å²) in [4.78, 5) is 0. The van der Waals surface area contributed by atoms with Crippen LogP contribution in [0.25, 0.3) is 0 Å². The molecule has 0 saturated carbocycles. The Morgan fingerprint density at radius 3 is 1.93 bits per heavy atom. The van der Waals surface area contributed by atoms with Crippen LogP contribution in [0, 0.1) is 11.8 Å². The molecule has 0 amide bonds. The van der Waals surface area contributed by atoms with Crippen molar-refractivity contribution in [3.63, 3.8) is 0 Å². The molecular formula is C24H32O2Si. The lowest BCUT2D eigenvalue weighted by Gasteiger charge is -2.43. The summed E-state index contributed by atoms with van der Waals surface area (Å²) in [6.45, 7) is 14.7. The summed E-state index contributed by atoms with van der Waals surface area (Å²) in [7, 11) is -2.42. The highest BCUT2D eigenvalue weighted by Gasteiger charge is 2.50. The van der Waals surface area contributed by atoms with Gasteiger partial charge < -0.3 is 9.16 Å². The van der Waals surface area contributed by atoms with E-state index in [-0.39, 0.29) is 5.04 Å². The molecule has 2 atom stereocenters. The lowest BCUT2D eigenvalue weighted by molar-refractivity contribution is 0.213. The molecule has 3 rings (SSSR count). The lowest BCUT2D eigenvalue weighted by Crippen LogP contribution is -2.66. The van der Waals surface area contributed by atoms with Crippen molar-refractivity contribution in [2.24, 2.45) is 11.8 Å². The van der Waals surface area contributed by atoms with Gasteiger partial charge in [-0.05, 0) is 21.8 Å². The molecule has 2 nitrogen and oxygen atoms in total. The molecule has 0 aliphatic carbocycles. The summed E-state index contributed by atoms with van der Waals surface area (Å²) in [6.07, 6.45) is 1.00. The maximum atomic E-state index is 6.97. The molecule has 0 N–H and O–H groups in total. The lowest BCUT2D eigenvalue weighted by atomic mass is 9.94. The third kappa shape index (κ3) is 3.90. The minimum absolute atomic E-state index is 0.0249. The summed E-state index contributed by atoms with van der Waals surface area (Å²) in [5.74, 6) is 1.83. The van der Waals surface area contributed by atoms with Crippen LogP contribution in [0.2, 0.25) is 5.04 Å². The molecular weight excluding hydrogens is 348 g/mol. The Kier molecular flexibility index (Phi) is 5.92. The average molecular weight is 381 g/mol. The third-order valence-electron chi connectivity index (χ3n) is 5.92. The molecule has 0 aromatic heterocycles. The first-order chi connectivity index (χ1) is 12.9. The quantitative estimate of drug-likeness (QED) is 0.673. The van der Waals surface area contributed by atoms with Gasteiger partial charge in [-0.3, -0.25) is 0 Å². The van der Waals surface area contributed by atoms with Crippen molar-refractivity contribution < 1.29 is 9.16 Å². The Bertz CT molecular complexity index is 709. The minimum atomic E-state index is -2.42. The van der Waals surface area contributed by atoms with E-state index in [0.717, 1.165) is 25.4 Å². The van der Waals surface area contributed by atoms with Crippen LogP contribution in [0.4, 0.5) is 0 Å². The zero-order valence-corrected chi connectivity index (χ0v) is 18.1. The van der Waals surface area contributed by atoms with Crippen molar-refractivity contribution in [3.05, 3.63) is 73.0 Å². The SMILES string of the molecule is C=C1OC[C@@H](CCO[Si](c2ccccc2)(c2ccccc2)C(C)(C)C)[C@@H]1C. The largest absolute Gasteiger partial charge is 0.498 e. The normalized spacial score (nSPS) is 20.5. The summed E-state index contributed by atoms with van der Waals surface area (Å²) in [5, 5.41) is 2.70. The zero-order chi connectivity index (χ0) is 19.5. The molecule has 1 fully saturated rings. The Morgan fingerprint density at radius 1 is 1.00 bits per heavy atom. The van der Waals surface area contributed by atoms with Crippen LogP contribution in [-0.2, 0) is 9.16 Å². The first-order valence-electron chi connectivity index (χ1n) is 9.93. The second-order valence-electron chi connectivity index (χ2n) is 8.63. The molecule has 1 heterocycles. The van der Waals surface area contributed by atoms with Gasteiger partial charge in [0, 0.05) is 18.4 Å². The summed E-state index contributed by atoms with van der Waals surface area (Å²) >= 11 is 0. The van der Waals surface area contributed by atoms with Crippen LogP contribution >= 0.6 is 0 Å². The van der Waals surface area contributed by atoms with E-state index in [1.54, 1.807) is 0 Å². The van der Waals surface area contributed by atoms with E-state index in [2.05, 4.69) is 94.9 Å². The smallest absolute Gasteiger partial charge is 0.261 e. The van der Waals surface area contributed by atoms with Gasteiger partial charge in [0.1, 0.15) is 0 Å². The molecule has 2 aromatic rings. The minimum Gasteiger partial charge on any atom is -0.498 e. The summed E-state index contributed by atoms with van der Waals surface area (Å²) in [5.41, 5.74) is 0. The third-order valence-corrected chi connectivity index (χ3v) is 11.0. The van der Waals surface area contributed by atoms with Gasteiger partial charge in [-0.2, -0.15) is 0 Å². The van der Waals surface area contributed by atoms with Gasteiger partial charge in [-0.15, -0.1) is 0 Å². The molecule has 3 heteroatoms. The number of rotatable bonds is 6. The van der Waals surface area contributed by atoms with Gasteiger partial charge in [0.2, 0.25) is 0 Å². The molecule has 1 aliphatic heterocycles. The van der Waals surface area contributed by atoms with E-state index < -0.39 is 8.32 Å². The van der Waals surface area contributed by atoms with Crippen molar-refractivity contribution in [3.8, 4) is 0 Å². The molecule has 0 unspecified atom stereocenters. The van der Waals surface area contributed by atoms with Crippen LogP contribution in [-0.4, -0.2) is 21.5 Å². The predicted molar refractivity (Wildman–Crippen MR) is 116 cm³/mol. The van der Waals surface area contributed by atoms with E-state index in [1.165, 1.54) is 10.4 Å². The second kappa shape index (κ2) is 8.03. The Labute approximate surface area is 165 Å². The van der Waals surface area contributed by atoms with E-state index in [1.807, 2.05) is 0 Å². The topological polar surface area (TPSA) is 18.5 Å². The first kappa shape index (κ1) is 19.9. The van der Waals surface area contributed by atoms with Gasteiger partial charge in [-0.25, -0.2) is 0 Å². The standard InChI is InChI=1S/C24H32O2Si/c1-19-20(2)25-18-21(19)16-17-26-27(24(3,4)5,22-12-8-6-9-13-22)23-14-10-7-11-15-23/h6-15,19,21H,2,16-18H2,1,3-5H3/t19-,21-/m1/s1. The van der Waals surface area contributed by atoms with Crippen LogP contribution in [0.5, 0.6) is 0 Å². The zero-order valence-electron chi connectivity index (χ0n) is 17.1. The van der Waals surface area contributed by atoms with Crippen molar-refractivity contribution in [2.45, 2.75) is 39.2 Å². The number of hydrogen-bond donors (Lipinski definition) is 0. The number of allylic oxidation sites excluding steroid dienone is 1. The molecule has 0 radical (unpaired) electrons. The molecule has 27 heavy (non-hydrogen) atoms. The Hall–Kier alpha value is -1.84. The first-order valence-corrected chi connectivity index (χ1v) is 11.8. The van der Waals surface area contributed by atoms with Crippen molar-refractivity contribution >= 4 is 18.7 Å². The fourth-order valence-corrected chi connectivity index (χ4v) is 8.79. The van der Waals surface area contributed by atoms with E-state index in [4.69, 9.17) is 9.16 Å². The monoisotopic (exact) mass is 380 g/mol. The molecule has 2 aromatic carbocycles. The number of benzene rings is 2. The molecule has 144 valence electrons. The predicted octanol–water partition coefficient (Wildman–Crippen LogP) is 4.75. The van der Waals surface area contributed by atoms with Gasteiger partial charge in [0.25, 0.3) is 8.32 Å². The van der Waals surface area contributed by atoms with Gasteiger partial charge in [0.05, 0.1) is 12.4 Å². The van der Waals surface area contributed by atoms with Crippen molar-refractivity contribution in [2.75, 3.05) is 13.2 Å².